The Hall–Kier alpha value is -0.130. The third-order valence-electron chi connectivity index (χ3n) is 0.804. The molecule has 0 heterocycles. The maximum Gasteiger partial charge on any atom is 0.372 e. The third kappa shape index (κ3) is 7.77. The molecule has 2 radical (unpaired) electrons. The molecule has 0 amide bonds. The van der Waals surface area contributed by atoms with E-state index in [1.807, 2.05) is 0 Å². The standard InChI is InChI=1S/C5H6O5.Ca/c6-3(5(9)10)1-2-4(7)8;/h1-2H2,(H,7,8)(H,9,10);. The van der Waals surface area contributed by atoms with Crippen molar-refractivity contribution < 1.29 is 24.6 Å². The minimum atomic E-state index is -1.58. The second kappa shape index (κ2) is 6.57. The Kier molecular flexibility index (Phi) is 8.04. The summed E-state index contributed by atoms with van der Waals surface area (Å²) in [7, 11) is 0. The predicted octanol–water partition coefficient (Wildman–Crippen LogP) is -0.876. The molecule has 0 saturated heterocycles. The van der Waals surface area contributed by atoms with Gasteiger partial charge < -0.3 is 10.2 Å². The fourth-order valence-electron chi connectivity index (χ4n) is 0.327. The first-order valence-corrected chi connectivity index (χ1v) is 2.52. The van der Waals surface area contributed by atoms with E-state index < -0.39 is 30.6 Å². The molecule has 11 heavy (non-hydrogen) atoms. The van der Waals surface area contributed by atoms with Gasteiger partial charge in [0.25, 0.3) is 0 Å². The van der Waals surface area contributed by atoms with Crippen molar-refractivity contribution in [3.05, 3.63) is 0 Å². The first-order chi connectivity index (χ1) is 4.54. The average molecular weight is 186 g/mol. The van der Waals surface area contributed by atoms with Crippen molar-refractivity contribution in [1.29, 1.82) is 0 Å². The number of carboxylic acid groups (broad SMARTS) is 2. The van der Waals surface area contributed by atoms with Crippen molar-refractivity contribution in [2.45, 2.75) is 12.8 Å². The van der Waals surface area contributed by atoms with Crippen molar-refractivity contribution in [1.82, 2.24) is 0 Å². The zero-order valence-corrected chi connectivity index (χ0v) is 7.95. The van der Waals surface area contributed by atoms with Crippen LogP contribution in [0.4, 0.5) is 0 Å². The van der Waals surface area contributed by atoms with Crippen LogP contribution >= 0.6 is 0 Å². The van der Waals surface area contributed by atoms with Crippen molar-refractivity contribution in [3.8, 4) is 0 Å². The molecule has 6 heteroatoms. The number of carbonyl (C=O) groups excluding carboxylic acids is 1. The molecule has 0 aromatic carbocycles. The molecule has 0 aliphatic rings. The minimum absolute atomic E-state index is 0. The van der Waals surface area contributed by atoms with Gasteiger partial charge in [0.2, 0.25) is 5.78 Å². The topological polar surface area (TPSA) is 91.7 Å². The summed E-state index contributed by atoms with van der Waals surface area (Å²) in [5, 5.41) is 16.0. The van der Waals surface area contributed by atoms with Gasteiger partial charge in [-0.15, -0.1) is 0 Å². The summed E-state index contributed by atoms with van der Waals surface area (Å²) in [5.41, 5.74) is 0. The molecule has 2 N–H and O–H groups in total. The summed E-state index contributed by atoms with van der Waals surface area (Å²) in [6.45, 7) is 0. The fraction of sp³-hybridized carbons (Fsp3) is 0.400. The number of ketones is 1. The van der Waals surface area contributed by atoms with E-state index in [0.29, 0.717) is 0 Å². The Morgan fingerprint density at radius 1 is 1.00 bits per heavy atom. The molecule has 0 spiro atoms. The Morgan fingerprint density at radius 3 is 1.73 bits per heavy atom. The number of aliphatic carboxylic acids is 2. The third-order valence-corrected chi connectivity index (χ3v) is 0.804. The van der Waals surface area contributed by atoms with E-state index in [1.54, 1.807) is 0 Å². The molecular weight excluding hydrogens is 180 g/mol. The van der Waals surface area contributed by atoms with Gasteiger partial charge in [-0.1, -0.05) is 0 Å². The van der Waals surface area contributed by atoms with Crippen LogP contribution < -0.4 is 0 Å². The van der Waals surface area contributed by atoms with Crippen LogP contribution in [0.2, 0.25) is 0 Å². The van der Waals surface area contributed by atoms with Crippen LogP contribution in [0.5, 0.6) is 0 Å². The van der Waals surface area contributed by atoms with Gasteiger partial charge in [0.05, 0.1) is 6.42 Å². The van der Waals surface area contributed by atoms with Crippen molar-refractivity contribution in [3.63, 3.8) is 0 Å². The van der Waals surface area contributed by atoms with E-state index in [0.717, 1.165) is 0 Å². The van der Waals surface area contributed by atoms with Crippen LogP contribution in [0.25, 0.3) is 0 Å². The van der Waals surface area contributed by atoms with Crippen molar-refractivity contribution in [2.75, 3.05) is 0 Å². The van der Waals surface area contributed by atoms with Gasteiger partial charge in [-0.3, -0.25) is 9.59 Å². The summed E-state index contributed by atoms with van der Waals surface area (Å²) in [6, 6.07) is 0. The number of rotatable bonds is 4. The quantitative estimate of drug-likeness (QED) is 0.439. The number of carbonyl (C=O) groups is 3. The molecule has 0 aromatic heterocycles. The summed E-state index contributed by atoms with van der Waals surface area (Å²) < 4.78 is 0. The molecule has 0 saturated carbocycles. The van der Waals surface area contributed by atoms with Crippen molar-refractivity contribution >= 4 is 55.5 Å². The van der Waals surface area contributed by atoms with Gasteiger partial charge in [-0.05, 0) is 0 Å². The number of carboxylic acids is 2. The van der Waals surface area contributed by atoms with E-state index in [-0.39, 0.29) is 37.7 Å². The summed E-state index contributed by atoms with van der Waals surface area (Å²) >= 11 is 0. The van der Waals surface area contributed by atoms with Crippen LogP contribution in [0.15, 0.2) is 0 Å². The molecule has 0 aromatic rings. The SMILES string of the molecule is O=C(O)CCC(=O)C(=O)O.[Ca]. The van der Waals surface area contributed by atoms with Gasteiger partial charge in [-0.25, -0.2) is 4.79 Å². The molecule has 0 unspecified atom stereocenters. The van der Waals surface area contributed by atoms with Crippen LogP contribution in [0.3, 0.4) is 0 Å². The zero-order valence-electron chi connectivity index (χ0n) is 5.74. The van der Waals surface area contributed by atoms with Crippen LogP contribution in [0.1, 0.15) is 12.8 Å². The predicted molar refractivity (Wildman–Crippen MR) is 35.3 cm³/mol. The van der Waals surface area contributed by atoms with E-state index in [9.17, 15) is 14.4 Å². The molecule has 5 nitrogen and oxygen atoms in total. The molecule has 0 fully saturated rings. The Labute approximate surface area is 92.4 Å². The maximum atomic E-state index is 10.2. The van der Waals surface area contributed by atoms with Crippen molar-refractivity contribution in [2.24, 2.45) is 0 Å². The van der Waals surface area contributed by atoms with Crippen LogP contribution in [0, 0.1) is 0 Å². The van der Waals surface area contributed by atoms with E-state index in [2.05, 4.69) is 0 Å². The molecular formula is C5H6CaO5. The van der Waals surface area contributed by atoms with E-state index in [1.165, 1.54) is 0 Å². The molecule has 0 rings (SSSR count). The number of hydrogen-bond acceptors (Lipinski definition) is 3. The van der Waals surface area contributed by atoms with E-state index in [4.69, 9.17) is 10.2 Å². The smallest absolute Gasteiger partial charge is 0.372 e. The normalized spacial score (nSPS) is 8.00. The largest absolute Gasteiger partial charge is 0.481 e. The molecule has 0 aliphatic heterocycles. The summed E-state index contributed by atoms with van der Waals surface area (Å²) in [4.78, 5) is 29.7. The monoisotopic (exact) mass is 186 g/mol. The van der Waals surface area contributed by atoms with E-state index >= 15 is 0 Å². The zero-order chi connectivity index (χ0) is 8.15. The molecule has 58 valence electrons. The van der Waals surface area contributed by atoms with Crippen LogP contribution in [-0.4, -0.2) is 65.7 Å². The molecule has 0 atom stereocenters. The average Bonchev–Trinajstić information content (AvgIpc) is 1.82. The van der Waals surface area contributed by atoms with Gasteiger partial charge in [0, 0.05) is 44.2 Å². The Balaban J connectivity index is 0. The first-order valence-electron chi connectivity index (χ1n) is 2.52. The second-order valence-electron chi connectivity index (χ2n) is 1.62. The van der Waals surface area contributed by atoms with Gasteiger partial charge in [0.15, 0.2) is 0 Å². The fourth-order valence-corrected chi connectivity index (χ4v) is 0.327. The number of hydrogen-bond donors (Lipinski definition) is 2. The van der Waals surface area contributed by atoms with Gasteiger partial charge in [0.1, 0.15) is 0 Å². The Morgan fingerprint density at radius 2 is 1.45 bits per heavy atom. The number of Topliss-reactive ketones (excluding diaryl/α,β-unsaturated/α-hetero) is 1. The molecule has 0 aliphatic carbocycles. The Bertz CT molecular complexity index is 176. The van der Waals surface area contributed by atoms with Gasteiger partial charge >= 0.3 is 11.9 Å². The van der Waals surface area contributed by atoms with Gasteiger partial charge in [-0.2, -0.15) is 0 Å². The first kappa shape index (κ1) is 13.5. The maximum absolute atomic E-state index is 10.2. The minimum Gasteiger partial charge on any atom is -0.481 e. The summed E-state index contributed by atoms with van der Waals surface area (Å²) in [6.07, 6.45) is -0.865. The molecule has 0 bridgehead atoms. The summed E-state index contributed by atoms with van der Waals surface area (Å²) in [5.74, 6) is -3.82. The second-order valence-corrected chi connectivity index (χ2v) is 1.62. The van der Waals surface area contributed by atoms with Crippen LogP contribution in [-0.2, 0) is 14.4 Å².